The molecule has 1 amide bonds. The first-order valence-corrected chi connectivity index (χ1v) is 9.73. The Morgan fingerprint density at radius 2 is 1.78 bits per heavy atom. The Balaban J connectivity index is 1.37. The van der Waals surface area contributed by atoms with E-state index in [1.165, 1.54) is 5.56 Å². The Labute approximate surface area is 160 Å². The molecule has 1 aliphatic carbocycles. The van der Waals surface area contributed by atoms with Crippen molar-refractivity contribution in [2.75, 3.05) is 20.2 Å². The summed E-state index contributed by atoms with van der Waals surface area (Å²) in [5, 5.41) is 11.1. The molecule has 1 aliphatic heterocycles. The van der Waals surface area contributed by atoms with Crippen molar-refractivity contribution >= 4 is 5.91 Å². The third-order valence-corrected chi connectivity index (χ3v) is 6.20. The van der Waals surface area contributed by atoms with Gasteiger partial charge in [-0.25, -0.2) is 0 Å². The molecule has 2 fully saturated rings. The highest BCUT2D eigenvalue weighted by Gasteiger charge is 2.47. The third kappa shape index (κ3) is 3.46. The molecule has 0 spiro atoms. The van der Waals surface area contributed by atoms with Crippen molar-refractivity contribution in [3.05, 3.63) is 65.2 Å². The Morgan fingerprint density at radius 3 is 2.41 bits per heavy atom. The Morgan fingerprint density at radius 1 is 1.11 bits per heavy atom. The Kier molecular flexibility index (Phi) is 4.68. The molecule has 1 saturated carbocycles. The van der Waals surface area contributed by atoms with Gasteiger partial charge in [-0.15, -0.1) is 0 Å². The summed E-state index contributed by atoms with van der Waals surface area (Å²) < 4.78 is 5.20. The third-order valence-electron chi connectivity index (χ3n) is 6.20. The lowest BCUT2D eigenvalue weighted by atomic mass is 9.82. The highest BCUT2D eigenvalue weighted by Crippen LogP contribution is 2.49. The molecule has 1 saturated heterocycles. The number of carbonyl (C=O) groups is 1. The quantitative estimate of drug-likeness (QED) is 0.900. The normalized spacial score (nSPS) is 23.7. The fourth-order valence-electron chi connectivity index (χ4n) is 4.38. The molecule has 0 bridgehead atoms. The van der Waals surface area contributed by atoms with Crippen molar-refractivity contribution in [1.82, 2.24) is 4.90 Å². The molecule has 1 heterocycles. The molecular formula is C23H27NO3. The molecule has 27 heavy (non-hydrogen) atoms. The maximum atomic E-state index is 12.9. The monoisotopic (exact) mass is 365 g/mol. The lowest BCUT2D eigenvalue weighted by molar-refractivity contribution is -0.137. The average Bonchev–Trinajstić information content (AvgIpc) is 3.49. The van der Waals surface area contributed by atoms with Gasteiger partial charge in [0.25, 0.3) is 0 Å². The highest BCUT2D eigenvalue weighted by molar-refractivity contribution is 5.83. The van der Waals surface area contributed by atoms with Crippen LogP contribution >= 0.6 is 0 Å². The number of hydrogen-bond acceptors (Lipinski definition) is 3. The summed E-state index contributed by atoms with van der Waals surface area (Å²) in [6.45, 7) is 3.28. The Hall–Kier alpha value is -2.33. The van der Waals surface area contributed by atoms with Crippen molar-refractivity contribution < 1.29 is 14.6 Å². The molecule has 4 rings (SSSR count). The van der Waals surface area contributed by atoms with Crippen LogP contribution in [0.25, 0.3) is 0 Å². The molecule has 0 radical (unpaired) electrons. The molecule has 2 aromatic rings. The van der Waals surface area contributed by atoms with E-state index in [1.54, 1.807) is 7.11 Å². The van der Waals surface area contributed by atoms with Crippen LogP contribution in [0.3, 0.4) is 0 Å². The number of piperidine rings is 1. The number of rotatable bonds is 4. The molecular weight excluding hydrogens is 338 g/mol. The van der Waals surface area contributed by atoms with E-state index in [0.717, 1.165) is 23.3 Å². The number of methoxy groups -OCH3 is 1. The second-order valence-electron chi connectivity index (χ2n) is 7.89. The van der Waals surface area contributed by atoms with Crippen LogP contribution in [0.1, 0.15) is 41.9 Å². The summed E-state index contributed by atoms with van der Waals surface area (Å²) in [7, 11) is 1.66. The lowest BCUT2D eigenvalue weighted by Gasteiger charge is -2.39. The van der Waals surface area contributed by atoms with E-state index in [2.05, 4.69) is 12.1 Å². The molecule has 4 heteroatoms. The van der Waals surface area contributed by atoms with Gasteiger partial charge in [0.2, 0.25) is 5.91 Å². The first-order valence-electron chi connectivity index (χ1n) is 9.73. The van der Waals surface area contributed by atoms with Crippen molar-refractivity contribution in [2.45, 2.75) is 37.7 Å². The van der Waals surface area contributed by atoms with E-state index >= 15 is 0 Å². The van der Waals surface area contributed by atoms with Crippen LogP contribution in [0.15, 0.2) is 48.5 Å². The van der Waals surface area contributed by atoms with Crippen LogP contribution < -0.4 is 4.74 Å². The molecule has 2 atom stereocenters. The van der Waals surface area contributed by atoms with E-state index in [4.69, 9.17) is 4.74 Å². The summed E-state index contributed by atoms with van der Waals surface area (Å²) in [6.07, 6.45) is 2.12. The minimum Gasteiger partial charge on any atom is -0.497 e. The number of hydrogen-bond donors (Lipinski definition) is 1. The van der Waals surface area contributed by atoms with Gasteiger partial charge in [-0.2, -0.15) is 0 Å². The number of aliphatic hydroxyl groups is 1. The zero-order valence-corrected chi connectivity index (χ0v) is 16.0. The number of amides is 1. The molecule has 2 aromatic carbocycles. The second-order valence-corrected chi connectivity index (χ2v) is 7.89. The molecule has 2 aliphatic rings. The van der Waals surface area contributed by atoms with Gasteiger partial charge in [0.1, 0.15) is 5.75 Å². The predicted molar refractivity (Wildman–Crippen MR) is 105 cm³/mol. The van der Waals surface area contributed by atoms with Crippen molar-refractivity contribution in [1.29, 1.82) is 0 Å². The zero-order chi connectivity index (χ0) is 19.0. The summed E-state index contributed by atoms with van der Waals surface area (Å²) >= 11 is 0. The largest absolute Gasteiger partial charge is 0.497 e. The summed E-state index contributed by atoms with van der Waals surface area (Å²) in [6, 6.07) is 16.0. The minimum absolute atomic E-state index is 0.0862. The van der Waals surface area contributed by atoms with E-state index in [1.807, 2.05) is 48.2 Å². The van der Waals surface area contributed by atoms with E-state index in [0.29, 0.717) is 31.8 Å². The summed E-state index contributed by atoms with van der Waals surface area (Å²) in [5.41, 5.74) is 2.50. The number of ether oxygens (including phenoxy) is 1. The average molecular weight is 365 g/mol. The van der Waals surface area contributed by atoms with Crippen LogP contribution in [-0.4, -0.2) is 36.1 Å². The maximum absolute atomic E-state index is 12.9. The zero-order valence-electron chi connectivity index (χ0n) is 16.0. The highest BCUT2D eigenvalue weighted by atomic mass is 16.5. The van der Waals surface area contributed by atoms with Crippen molar-refractivity contribution in [3.8, 4) is 5.75 Å². The number of benzene rings is 2. The van der Waals surface area contributed by atoms with Crippen LogP contribution in [0.4, 0.5) is 0 Å². The number of aryl methyl sites for hydroxylation is 1. The van der Waals surface area contributed by atoms with Crippen LogP contribution in [0.5, 0.6) is 5.75 Å². The maximum Gasteiger partial charge on any atom is 0.226 e. The fraction of sp³-hybridized carbons (Fsp3) is 0.435. The molecule has 1 N–H and O–H groups in total. The number of nitrogens with zero attached hydrogens (tertiary/aromatic N) is 1. The van der Waals surface area contributed by atoms with Gasteiger partial charge in [0.05, 0.1) is 12.7 Å². The van der Waals surface area contributed by atoms with Crippen molar-refractivity contribution in [3.63, 3.8) is 0 Å². The topological polar surface area (TPSA) is 49.8 Å². The smallest absolute Gasteiger partial charge is 0.226 e. The van der Waals surface area contributed by atoms with Crippen molar-refractivity contribution in [2.24, 2.45) is 5.92 Å². The SMILES string of the molecule is COc1ccc([C@H]2C[C@@H]2C(=O)N2CCC(O)(c3ccccc3C)CC2)cc1. The summed E-state index contributed by atoms with van der Waals surface area (Å²) in [5.74, 6) is 1.49. The molecule has 0 aromatic heterocycles. The van der Waals surface area contributed by atoms with Gasteiger partial charge >= 0.3 is 0 Å². The van der Waals surface area contributed by atoms with Gasteiger partial charge in [0, 0.05) is 19.0 Å². The van der Waals surface area contributed by atoms with E-state index in [9.17, 15) is 9.90 Å². The van der Waals surface area contributed by atoms with Gasteiger partial charge in [-0.1, -0.05) is 36.4 Å². The van der Waals surface area contributed by atoms with E-state index < -0.39 is 5.60 Å². The van der Waals surface area contributed by atoms with Crippen LogP contribution in [0, 0.1) is 12.8 Å². The fourth-order valence-corrected chi connectivity index (χ4v) is 4.38. The van der Waals surface area contributed by atoms with Gasteiger partial charge in [0.15, 0.2) is 0 Å². The van der Waals surface area contributed by atoms with Crippen LogP contribution in [-0.2, 0) is 10.4 Å². The van der Waals surface area contributed by atoms with Gasteiger partial charge < -0.3 is 14.7 Å². The van der Waals surface area contributed by atoms with E-state index in [-0.39, 0.29) is 11.8 Å². The standard InChI is InChI=1S/C23H27NO3/c1-16-5-3-4-6-21(16)23(26)11-13-24(14-12-23)22(25)20-15-19(20)17-7-9-18(27-2)10-8-17/h3-10,19-20,26H,11-15H2,1-2H3/t19-,20+/m1/s1. The Bertz CT molecular complexity index is 822. The first-order chi connectivity index (χ1) is 13.0. The van der Waals surface area contributed by atoms with Gasteiger partial charge in [-0.3, -0.25) is 4.79 Å². The predicted octanol–water partition coefficient (Wildman–Crippen LogP) is 3.62. The van der Waals surface area contributed by atoms with Crippen LogP contribution in [0.2, 0.25) is 0 Å². The first kappa shape index (κ1) is 18.1. The number of carbonyl (C=O) groups excluding carboxylic acids is 1. The molecule has 4 nitrogen and oxygen atoms in total. The van der Waals surface area contributed by atoms with Gasteiger partial charge in [-0.05, 0) is 60.9 Å². The summed E-state index contributed by atoms with van der Waals surface area (Å²) in [4.78, 5) is 14.8. The molecule has 142 valence electrons. The second kappa shape index (κ2) is 7.01. The molecule has 0 unspecified atom stereocenters. The lowest BCUT2D eigenvalue weighted by Crippen LogP contribution is -2.46. The number of likely N-dealkylation sites (tertiary alicyclic amines) is 1. The minimum atomic E-state index is -0.818.